The zero-order valence-corrected chi connectivity index (χ0v) is 23.2. The van der Waals surface area contributed by atoms with Crippen LogP contribution in [0.25, 0.3) is 22.8 Å². The summed E-state index contributed by atoms with van der Waals surface area (Å²) in [4.78, 5) is 11.5. The molecule has 4 rings (SSSR count). The average Bonchev–Trinajstić information content (AvgIpc) is 3.31. The number of anilines is 1. The third-order valence-corrected chi connectivity index (χ3v) is 8.14. The fourth-order valence-corrected chi connectivity index (χ4v) is 5.55. The minimum Gasteiger partial charge on any atom is -0.347 e. The first-order valence-corrected chi connectivity index (χ1v) is 14.2. The second kappa shape index (κ2) is 12.9. The Morgan fingerprint density at radius 3 is 2.46 bits per heavy atom. The molecule has 196 valence electrons. The molecule has 1 aromatic carbocycles. The van der Waals surface area contributed by atoms with E-state index in [0.717, 1.165) is 30.1 Å². The molecule has 0 amide bonds. The quantitative estimate of drug-likeness (QED) is 0.183. The molecule has 1 aliphatic heterocycles. The molecule has 0 unspecified atom stereocenters. The first kappa shape index (κ1) is 26.9. The summed E-state index contributed by atoms with van der Waals surface area (Å²) in [6.07, 6.45) is 17.9. The summed E-state index contributed by atoms with van der Waals surface area (Å²) in [5.74, 6) is 0.940. The molecule has 0 radical (unpaired) electrons. The number of unbranched alkanes of at least 4 members (excludes halogenated alkanes) is 3. The van der Waals surface area contributed by atoms with Crippen molar-refractivity contribution in [2.45, 2.75) is 59.9 Å². The normalized spacial score (nSPS) is 14.8. The molecule has 3 heterocycles. The van der Waals surface area contributed by atoms with Crippen molar-refractivity contribution >= 4 is 28.5 Å². The Morgan fingerprint density at radius 2 is 1.68 bits per heavy atom. The lowest BCUT2D eigenvalue weighted by Crippen LogP contribution is -2.48. The highest BCUT2D eigenvalue weighted by Crippen LogP contribution is 2.33. The summed E-state index contributed by atoms with van der Waals surface area (Å²) in [6, 6.07) is 12.8. The Balaban J connectivity index is 1.37. The van der Waals surface area contributed by atoms with Crippen LogP contribution in [0.2, 0.25) is 0 Å². The second-order valence-corrected chi connectivity index (χ2v) is 10.00. The van der Waals surface area contributed by atoms with E-state index in [1.54, 1.807) is 6.20 Å². The zero-order valence-electron chi connectivity index (χ0n) is 23.2. The molecular weight excluding hydrogens is 454 g/mol. The highest BCUT2D eigenvalue weighted by atomic mass is 15.3. The molecule has 5 heteroatoms. The van der Waals surface area contributed by atoms with Crippen LogP contribution in [0.15, 0.2) is 67.0 Å². The maximum Gasteiger partial charge on any atom is 0.178 e. The van der Waals surface area contributed by atoms with E-state index in [2.05, 4.69) is 103 Å². The number of pyridine rings is 1. The van der Waals surface area contributed by atoms with Crippen LogP contribution in [0.3, 0.4) is 0 Å². The van der Waals surface area contributed by atoms with Crippen molar-refractivity contribution in [1.29, 1.82) is 0 Å². The van der Waals surface area contributed by atoms with Crippen LogP contribution >= 0.6 is 0 Å². The Labute approximate surface area is 223 Å². The Kier molecular flexibility index (Phi) is 9.34. The van der Waals surface area contributed by atoms with Crippen LogP contribution in [0, 0.1) is 0 Å². The van der Waals surface area contributed by atoms with Gasteiger partial charge in [-0.05, 0) is 82.9 Å². The van der Waals surface area contributed by atoms with E-state index in [0.29, 0.717) is 0 Å². The first-order valence-electron chi connectivity index (χ1n) is 14.2. The van der Waals surface area contributed by atoms with E-state index in [9.17, 15) is 0 Å². The van der Waals surface area contributed by atoms with Gasteiger partial charge in [-0.3, -0.25) is 0 Å². The van der Waals surface area contributed by atoms with Crippen LogP contribution in [0.1, 0.15) is 64.8 Å². The van der Waals surface area contributed by atoms with Crippen molar-refractivity contribution in [2.75, 3.05) is 37.6 Å². The van der Waals surface area contributed by atoms with E-state index in [1.165, 1.54) is 73.2 Å². The third kappa shape index (κ3) is 6.22. The van der Waals surface area contributed by atoms with Crippen molar-refractivity contribution in [3.63, 3.8) is 0 Å². The summed E-state index contributed by atoms with van der Waals surface area (Å²) in [5.41, 5.74) is 5.70. The van der Waals surface area contributed by atoms with E-state index in [4.69, 9.17) is 4.98 Å². The number of allylic oxidation sites excluding steroid dienone is 4. The van der Waals surface area contributed by atoms with Gasteiger partial charge in [-0.25, -0.2) is 9.97 Å². The van der Waals surface area contributed by atoms with Crippen LogP contribution in [0.5, 0.6) is 0 Å². The standard InChI is InChI=1S/C32H44N5/c1-5-36-30-20-16-23-33-32(30)34-31(36)21-15-17-27-22-25-35(29-19-12-11-18-28(27)29)24-13-9-10-14-26-37(6-2,7-3)8-4/h11-12,15-23,25H,5-10,13-14,24,26H2,1-4H3/q+1. The SMILES string of the molecule is CCn1c(C=CC=C2C=CN(CCCCCC[N+](CC)(CC)CC)c3ccccc32)nc2ncccc21. The minimum atomic E-state index is 0.801. The predicted molar refractivity (Wildman–Crippen MR) is 158 cm³/mol. The Bertz CT molecular complexity index is 1240. The number of para-hydroxylation sites is 1. The lowest BCUT2D eigenvalue weighted by Gasteiger charge is -2.36. The smallest absolute Gasteiger partial charge is 0.178 e. The van der Waals surface area contributed by atoms with Gasteiger partial charge in [-0.2, -0.15) is 0 Å². The monoisotopic (exact) mass is 498 g/mol. The number of imidazole rings is 1. The molecule has 5 nitrogen and oxygen atoms in total. The fourth-order valence-electron chi connectivity index (χ4n) is 5.55. The largest absolute Gasteiger partial charge is 0.347 e. The number of quaternary nitrogens is 1. The van der Waals surface area contributed by atoms with E-state index in [1.807, 2.05) is 6.07 Å². The van der Waals surface area contributed by atoms with Crippen LogP contribution in [-0.2, 0) is 6.54 Å². The molecule has 0 N–H and O–H groups in total. The molecule has 1 aliphatic rings. The highest BCUT2D eigenvalue weighted by molar-refractivity contribution is 5.87. The van der Waals surface area contributed by atoms with E-state index >= 15 is 0 Å². The molecule has 0 saturated heterocycles. The first-order chi connectivity index (χ1) is 18.1. The number of nitrogens with zero attached hydrogens (tertiary/aromatic N) is 5. The van der Waals surface area contributed by atoms with Gasteiger partial charge in [0.25, 0.3) is 0 Å². The topological polar surface area (TPSA) is 34.0 Å². The van der Waals surface area contributed by atoms with E-state index in [-0.39, 0.29) is 0 Å². The van der Waals surface area contributed by atoms with Gasteiger partial charge in [0.15, 0.2) is 5.65 Å². The molecule has 0 fully saturated rings. The van der Waals surface area contributed by atoms with Gasteiger partial charge < -0.3 is 14.0 Å². The fraction of sp³-hybridized carbons (Fsp3) is 0.438. The molecule has 0 spiro atoms. The molecule has 3 aromatic rings. The van der Waals surface area contributed by atoms with Gasteiger partial charge in [0.1, 0.15) is 5.82 Å². The number of aromatic nitrogens is 3. The van der Waals surface area contributed by atoms with Crippen molar-refractivity contribution < 1.29 is 4.48 Å². The number of hydrogen-bond acceptors (Lipinski definition) is 3. The Hall–Kier alpha value is -3.18. The number of aryl methyl sites for hydroxylation is 1. The maximum absolute atomic E-state index is 4.71. The molecule has 0 atom stereocenters. The van der Waals surface area contributed by atoms with Crippen LogP contribution < -0.4 is 4.90 Å². The number of benzene rings is 1. The third-order valence-electron chi connectivity index (χ3n) is 8.14. The molecule has 2 aromatic heterocycles. The lowest BCUT2D eigenvalue weighted by atomic mass is 9.99. The summed E-state index contributed by atoms with van der Waals surface area (Å²) < 4.78 is 3.47. The summed E-state index contributed by atoms with van der Waals surface area (Å²) in [7, 11) is 0. The highest BCUT2D eigenvalue weighted by Gasteiger charge is 2.19. The van der Waals surface area contributed by atoms with Crippen LogP contribution in [-0.4, -0.2) is 51.7 Å². The van der Waals surface area contributed by atoms with Crippen molar-refractivity contribution in [3.8, 4) is 0 Å². The molecular formula is C32H44N5+. The number of hydrogen-bond donors (Lipinski definition) is 0. The minimum absolute atomic E-state index is 0.801. The van der Waals surface area contributed by atoms with Crippen molar-refractivity contribution in [1.82, 2.24) is 14.5 Å². The molecule has 0 aliphatic carbocycles. The van der Waals surface area contributed by atoms with Gasteiger partial charge in [0.05, 0.1) is 31.7 Å². The summed E-state index contributed by atoms with van der Waals surface area (Å²) in [6.45, 7) is 16.2. The number of rotatable bonds is 13. The second-order valence-electron chi connectivity index (χ2n) is 10.00. The molecule has 0 saturated carbocycles. The van der Waals surface area contributed by atoms with Crippen molar-refractivity contribution in [3.05, 3.63) is 78.4 Å². The maximum atomic E-state index is 4.71. The summed E-state index contributed by atoms with van der Waals surface area (Å²) >= 11 is 0. The van der Waals surface area contributed by atoms with Gasteiger partial charge >= 0.3 is 0 Å². The van der Waals surface area contributed by atoms with Gasteiger partial charge in [0.2, 0.25) is 0 Å². The van der Waals surface area contributed by atoms with Gasteiger partial charge in [-0.15, -0.1) is 0 Å². The average molecular weight is 499 g/mol. The Morgan fingerprint density at radius 1 is 0.892 bits per heavy atom. The van der Waals surface area contributed by atoms with E-state index < -0.39 is 0 Å². The number of fused-ring (bicyclic) bond motifs is 2. The zero-order chi connectivity index (χ0) is 26.1. The predicted octanol–water partition coefficient (Wildman–Crippen LogP) is 7.32. The summed E-state index contributed by atoms with van der Waals surface area (Å²) in [5, 5.41) is 0. The molecule has 0 bridgehead atoms. The van der Waals surface area contributed by atoms with Crippen LogP contribution in [0.4, 0.5) is 5.69 Å². The van der Waals surface area contributed by atoms with Gasteiger partial charge in [-0.1, -0.05) is 36.8 Å². The van der Waals surface area contributed by atoms with Gasteiger partial charge in [0, 0.05) is 36.7 Å². The molecule has 37 heavy (non-hydrogen) atoms. The lowest BCUT2D eigenvalue weighted by molar-refractivity contribution is -0.923. The van der Waals surface area contributed by atoms with Crippen molar-refractivity contribution in [2.24, 2.45) is 0 Å².